The zero-order chi connectivity index (χ0) is 66.3. The first-order chi connectivity index (χ1) is 43.6. The van der Waals surface area contributed by atoms with Crippen molar-refractivity contribution in [3.8, 4) is 0 Å². The van der Waals surface area contributed by atoms with Crippen molar-refractivity contribution in [1.82, 2.24) is 0 Å². The van der Waals surface area contributed by atoms with Gasteiger partial charge in [-0.2, -0.15) is 0 Å². The molecule has 90 heavy (non-hydrogen) atoms. The Labute approximate surface area is 549 Å². The number of hydrogen-bond acceptors (Lipinski definition) is 15. The summed E-state index contributed by atoms with van der Waals surface area (Å²) in [7, 11) is -9.90. The molecule has 3 unspecified atom stereocenters. The smallest absolute Gasteiger partial charge is 0.462 e. The molecule has 0 aromatic heterocycles. The zero-order valence-corrected chi connectivity index (χ0v) is 60.1. The van der Waals surface area contributed by atoms with Gasteiger partial charge in [0.25, 0.3) is 0 Å². The largest absolute Gasteiger partial charge is 0.472 e. The highest BCUT2D eigenvalue weighted by Crippen LogP contribution is 2.45. The van der Waals surface area contributed by atoms with Crippen molar-refractivity contribution in [2.75, 3.05) is 39.6 Å². The zero-order valence-electron chi connectivity index (χ0n) is 58.3. The van der Waals surface area contributed by atoms with Gasteiger partial charge in [-0.25, -0.2) is 9.13 Å². The predicted molar refractivity (Wildman–Crippen MR) is 363 cm³/mol. The summed E-state index contributed by atoms with van der Waals surface area (Å²) in [6.45, 7) is 7.25. The van der Waals surface area contributed by atoms with E-state index in [9.17, 15) is 43.2 Å². The number of phosphoric acid groups is 2. The molecule has 0 amide bonds. The van der Waals surface area contributed by atoms with Crippen LogP contribution in [0.5, 0.6) is 0 Å². The first-order valence-corrected chi connectivity index (χ1v) is 40.2. The van der Waals surface area contributed by atoms with Gasteiger partial charge in [-0.3, -0.25) is 37.3 Å². The minimum absolute atomic E-state index is 0.107. The van der Waals surface area contributed by atoms with E-state index in [2.05, 4.69) is 34.6 Å². The Hall–Kier alpha value is -1.94. The molecule has 0 saturated heterocycles. The Morgan fingerprint density at radius 2 is 0.533 bits per heavy atom. The molecule has 0 aliphatic heterocycles. The fourth-order valence-corrected chi connectivity index (χ4v) is 12.4. The first kappa shape index (κ1) is 88.1. The third-order valence-corrected chi connectivity index (χ3v) is 18.8. The summed E-state index contributed by atoms with van der Waals surface area (Å²) in [6.07, 6.45) is 51.2. The molecule has 0 aliphatic carbocycles. The maximum absolute atomic E-state index is 13.0. The molecular weight excluding hydrogens is 1190 g/mol. The maximum Gasteiger partial charge on any atom is 0.472 e. The van der Waals surface area contributed by atoms with Gasteiger partial charge in [0, 0.05) is 25.7 Å². The van der Waals surface area contributed by atoms with Crippen molar-refractivity contribution in [1.29, 1.82) is 0 Å². The molecule has 0 heterocycles. The van der Waals surface area contributed by atoms with Crippen LogP contribution in [0.2, 0.25) is 0 Å². The summed E-state index contributed by atoms with van der Waals surface area (Å²) in [6, 6.07) is 0. The predicted octanol–water partition coefficient (Wildman–Crippen LogP) is 20.5. The maximum atomic E-state index is 13.0. The Morgan fingerprint density at radius 1 is 0.311 bits per heavy atom. The molecule has 0 saturated carbocycles. The van der Waals surface area contributed by atoms with E-state index in [0.717, 1.165) is 95.8 Å². The number of phosphoric ester groups is 2. The normalized spacial score (nSPS) is 14.4. The van der Waals surface area contributed by atoms with Gasteiger partial charge in [-0.15, -0.1) is 0 Å². The van der Waals surface area contributed by atoms with Crippen LogP contribution < -0.4 is 0 Å². The van der Waals surface area contributed by atoms with Crippen LogP contribution in [0.4, 0.5) is 0 Å². The monoisotopic (exact) mass is 1320 g/mol. The molecule has 0 radical (unpaired) electrons. The van der Waals surface area contributed by atoms with Gasteiger partial charge in [0.05, 0.1) is 26.4 Å². The summed E-state index contributed by atoms with van der Waals surface area (Å²) in [4.78, 5) is 72.5. The molecule has 17 nitrogen and oxygen atoms in total. The average Bonchev–Trinajstić information content (AvgIpc) is 3.30. The van der Waals surface area contributed by atoms with Gasteiger partial charge in [-0.05, 0) is 31.6 Å². The molecule has 3 N–H and O–H groups in total. The average molecular weight is 1330 g/mol. The SMILES string of the molecule is CCCCCCCCCCCCCCCCCCCC(=O)O[C@H](COC(=O)CCCCCCCCCCC(C)CC)COP(=O)(O)OC[C@@H](O)COP(=O)(O)OC[C@@H](COC(=O)CCCCCCCCCCCC)OC(=O)CCCCCCCCCCCCC. The van der Waals surface area contributed by atoms with Crippen LogP contribution in [0.25, 0.3) is 0 Å². The molecule has 0 aliphatic rings. The fraction of sp³-hybridized carbons (Fsp3) is 0.944. The van der Waals surface area contributed by atoms with E-state index >= 15 is 0 Å². The molecule has 19 heteroatoms. The summed E-state index contributed by atoms with van der Waals surface area (Å²) in [5, 5.41) is 10.6. The van der Waals surface area contributed by atoms with Gasteiger partial charge >= 0.3 is 39.5 Å². The minimum atomic E-state index is -4.95. The summed E-state index contributed by atoms with van der Waals surface area (Å²) in [5.41, 5.74) is 0. The topological polar surface area (TPSA) is 237 Å². The number of hydrogen-bond donors (Lipinski definition) is 3. The van der Waals surface area contributed by atoms with Gasteiger partial charge in [0.15, 0.2) is 12.2 Å². The molecule has 534 valence electrons. The molecular formula is C71H138O17P2. The third kappa shape index (κ3) is 63.5. The Morgan fingerprint density at radius 3 is 0.789 bits per heavy atom. The summed E-state index contributed by atoms with van der Waals surface area (Å²) < 4.78 is 68.3. The van der Waals surface area contributed by atoms with Gasteiger partial charge in [-0.1, -0.05) is 317 Å². The van der Waals surface area contributed by atoms with E-state index in [0.29, 0.717) is 25.7 Å². The van der Waals surface area contributed by atoms with Gasteiger partial charge in [0.1, 0.15) is 19.3 Å². The van der Waals surface area contributed by atoms with Crippen LogP contribution in [0.15, 0.2) is 0 Å². The molecule has 0 bridgehead atoms. The van der Waals surface area contributed by atoms with Gasteiger partial charge < -0.3 is 33.8 Å². The third-order valence-electron chi connectivity index (χ3n) is 16.9. The Bertz CT molecular complexity index is 1740. The van der Waals surface area contributed by atoms with Crippen LogP contribution in [-0.4, -0.2) is 96.7 Å². The lowest BCUT2D eigenvalue weighted by Crippen LogP contribution is -2.30. The highest BCUT2D eigenvalue weighted by Gasteiger charge is 2.30. The first-order valence-electron chi connectivity index (χ1n) is 37.2. The highest BCUT2D eigenvalue weighted by atomic mass is 31.2. The van der Waals surface area contributed by atoms with E-state index in [-0.39, 0.29) is 25.7 Å². The lowest BCUT2D eigenvalue weighted by molar-refractivity contribution is -0.161. The quantitative estimate of drug-likeness (QED) is 0.0222. The summed E-state index contributed by atoms with van der Waals surface area (Å²) in [5.74, 6) is -1.34. The number of carbonyl (C=O) groups is 4. The van der Waals surface area contributed by atoms with Crippen molar-refractivity contribution in [3.05, 3.63) is 0 Å². The van der Waals surface area contributed by atoms with Crippen molar-refractivity contribution < 1.29 is 80.2 Å². The molecule has 0 spiro atoms. The van der Waals surface area contributed by atoms with E-state index in [1.807, 2.05) is 0 Å². The lowest BCUT2D eigenvalue weighted by atomic mass is 9.99. The van der Waals surface area contributed by atoms with Gasteiger partial charge in [0.2, 0.25) is 0 Å². The number of carbonyl (C=O) groups excluding carboxylic acids is 4. The van der Waals surface area contributed by atoms with Crippen LogP contribution in [0, 0.1) is 5.92 Å². The second-order valence-electron chi connectivity index (χ2n) is 25.9. The number of unbranched alkanes of at least 4 members (excludes halogenated alkanes) is 42. The van der Waals surface area contributed by atoms with E-state index in [1.54, 1.807) is 0 Å². The minimum Gasteiger partial charge on any atom is -0.462 e. The Kier molecular flexibility index (Phi) is 63.0. The number of aliphatic hydroxyl groups excluding tert-OH is 1. The fourth-order valence-electron chi connectivity index (χ4n) is 10.8. The van der Waals surface area contributed by atoms with Crippen molar-refractivity contribution in [2.24, 2.45) is 5.92 Å². The highest BCUT2D eigenvalue weighted by molar-refractivity contribution is 7.47. The van der Waals surface area contributed by atoms with Crippen LogP contribution in [0.1, 0.15) is 369 Å². The van der Waals surface area contributed by atoms with Crippen molar-refractivity contribution in [3.63, 3.8) is 0 Å². The molecule has 0 rings (SSSR count). The lowest BCUT2D eigenvalue weighted by Gasteiger charge is -2.21. The number of ether oxygens (including phenoxy) is 4. The molecule has 0 fully saturated rings. The van der Waals surface area contributed by atoms with E-state index in [1.165, 1.54) is 193 Å². The number of aliphatic hydroxyl groups is 1. The van der Waals surface area contributed by atoms with Crippen molar-refractivity contribution >= 4 is 39.5 Å². The molecule has 0 aromatic carbocycles. The second-order valence-corrected chi connectivity index (χ2v) is 28.8. The van der Waals surface area contributed by atoms with Crippen LogP contribution in [0.3, 0.4) is 0 Å². The molecule has 6 atom stereocenters. The number of rotatable bonds is 71. The van der Waals surface area contributed by atoms with Crippen LogP contribution in [-0.2, 0) is 65.4 Å². The second kappa shape index (κ2) is 64.4. The summed E-state index contributed by atoms with van der Waals surface area (Å²) >= 11 is 0. The van der Waals surface area contributed by atoms with Crippen LogP contribution >= 0.6 is 15.6 Å². The van der Waals surface area contributed by atoms with Crippen molar-refractivity contribution in [2.45, 2.75) is 387 Å². The Balaban J connectivity index is 5.23. The number of esters is 4. The van der Waals surface area contributed by atoms with E-state index in [4.69, 9.17) is 37.0 Å². The molecule has 0 aromatic rings. The standard InChI is InChI=1S/C71H138O17P2/c1-6-10-13-16-19-22-25-26-27-28-29-30-32-35-42-47-52-57-71(76)88-67(61-82-69(74)55-50-45-40-37-36-38-43-48-53-64(5)9-4)63-86-90(79,80)84-59-65(72)58-83-89(77,78)85-62-66(60-81-68(73)54-49-44-39-33-24-21-18-15-12-8-3)87-70(75)56-51-46-41-34-31-23-20-17-14-11-7-2/h64-67,72H,6-63H2,1-5H3,(H,77,78)(H,79,80)/t64?,65-,66+,67+/m0/s1. The van der Waals surface area contributed by atoms with E-state index < -0.39 is 97.5 Å².